The maximum atomic E-state index is 12.3. The SMILES string of the molecule is C=CCCC[C@](C)(NC(=O)OCC1c2ccccc2-c2ccccc21)C(=O)[O-]. The highest BCUT2D eigenvalue weighted by molar-refractivity contribution is 5.83. The number of hydrogen-bond acceptors (Lipinski definition) is 4. The molecule has 0 heterocycles. The lowest BCUT2D eigenvalue weighted by atomic mass is 9.95. The number of ether oxygens (including phenoxy) is 1. The zero-order valence-corrected chi connectivity index (χ0v) is 15.9. The van der Waals surface area contributed by atoms with Crippen LogP contribution in [0, 0.1) is 0 Å². The highest BCUT2D eigenvalue weighted by atomic mass is 16.5. The fourth-order valence-corrected chi connectivity index (χ4v) is 3.68. The fraction of sp³-hybridized carbons (Fsp3) is 0.304. The van der Waals surface area contributed by atoms with Gasteiger partial charge in [-0.1, -0.05) is 54.6 Å². The standard InChI is InChI=1S/C23H25NO4/c1-3-4-9-14-23(2,21(25)26)24-22(27)28-15-20-18-12-7-5-10-16(18)17-11-6-8-13-19(17)20/h3,5-8,10-13,20H,1,4,9,14-15H2,2H3,(H,24,27)(H,25,26)/p-1/t23-/m0/s1. The van der Waals surface area contributed by atoms with Crippen molar-refractivity contribution in [2.45, 2.75) is 37.6 Å². The molecular formula is C23H24NO4-. The third-order valence-electron chi connectivity index (χ3n) is 5.26. The molecular weight excluding hydrogens is 354 g/mol. The van der Waals surface area contributed by atoms with E-state index < -0.39 is 17.6 Å². The van der Waals surface area contributed by atoms with Crippen molar-refractivity contribution >= 4 is 12.1 Å². The van der Waals surface area contributed by atoms with Crippen molar-refractivity contribution in [1.82, 2.24) is 5.32 Å². The molecule has 1 aliphatic carbocycles. The molecule has 0 aliphatic heterocycles. The van der Waals surface area contributed by atoms with Crippen LogP contribution in [0.3, 0.4) is 0 Å². The molecule has 0 spiro atoms. The number of amides is 1. The van der Waals surface area contributed by atoms with Gasteiger partial charge in [0.2, 0.25) is 0 Å². The second-order valence-corrected chi connectivity index (χ2v) is 7.25. The molecule has 2 aromatic carbocycles. The number of carboxylic acids is 1. The van der Waals surface area contributed by atoms with Gasteiger partial charge in [0.15, 0.2) is 0 Å². The van der Waals surface area contributed by atoms with Gasteiger partial charge in [-0.05, 0) is 48.4 Å². The molecule has 146 valence electrons. The number of carbonyl (C=O) groups excluding carboxylic acids is 2. The van der Waals surface area contributed by atoms with Gasteiger partial charge in [0.1, 0.15) is 6.61 Å². The number of rotatable bonds is 8. The highest BCUT2D eigenvalue weighted by Crippen LogP contribution is 2.44. The van der Waals surface area contributed by atoms with Crippen LogP contribution in [0.1, 0.15) is 43.2 Å². The molecule has 1 N–H and O–H groups in total. The summed E-state index contributed by atoms with van der Waals surface area (Å²) in [5.74, 6) is -1.40. The van der Waals surface area contributed by atoms with Gasteiger partial charge in [0.05, 0.1) is 11.5 Å². The Kier molecular flexibility index (Phi) is 5.83. The second-order valence-electron chi connectivity index (χ2n) is 7.25. The van der Waals surface area contributed by atoms with E-state index in [9.17, 15) is 14.7 Å². The maximum Gasteiger partial charge on any atom is 0.407 e. The zero-order chi connectivity index (χ0) is 20.1. The Labute approximate surface area is 165 Å². The first kappa shape index (κ1) is 19.7. The Bertz CT molecular complexity index is 846. The number of hydrogen-bond donors (Lipinski definition) is 1. The van der Waals surface area contributed by atoms with Crippen molar-refractivity contribution in [2.75, 3.05) is 6.61 Å². The van der Waals surface area contributed by atoms with Gasteiger partial charge in [0, 0.05) is 5.92 Å². The summed E-state index contributed by atoms with van der Waals surface area (Å²) in [6, 6.07) is 16.1. The number of nitrogens with one attached hydrogen (secondary N) is 1. The van der Waals surface area contributed by atoms with E-state index in [1.165, 1.54) is 6.92 Å². The Hall–Kier alpha value is -3.08. The number of aliphatic carboxylic acids is 1. The number of carboxylic acid groups (broad SMARTS) is 1. The smallest absolute Gasteiger partial charge is 0.407 e. The van der Waals surface area contributed by atoms with Gasteiger partial charge in [-0.3, -0.25) is 0 Å². The van der Waals surface area contributed by atoms with Gasteiger partial charge in [0.25, 0.3) is 0 Å². The van der Waals surface area contributed by atoms with Crippen molar-refractivity contribution < 1.29 is 19.4 Å². The molecule has 5 heteroatoms. The normalized spacial score (nSPS) is 14.5. The molecule has 0 bridgehead atoms. The minimum Gasteiger partial charge on any atom is -0.548 e. The van der Waals surface area contributed by atoms with Gasteiger partial charge >= 0.3 is 6.09 Å². The number of allylic oxidation sites excluding steroid dienone is 1. The number of unbranched alkanes of at least 4 members (excludes halogenated alkanes) is 1. The predicted molar refractivity (Wildman–Crippen MR) is 106 cm³/mol. The highest BCUT2D eigenvalue weighted by Gasteiger charge is 2.31. The summed E-state index contributed by atoms with van der Waals surface area (Å²) < 4.78 is 5.43. The molecule has 5 nitrogen and oxygen atoms in total. The summed E-state index contributed by atoms with van der Waals surface area (Å²) in [6.45, 7) is 5.19. The monoisotopic (exact) mass is 378 g/mol. The number of benzene rings is 2. The molecule has 1 amide bonds. The van der Waals surface area contributed by atoms with Gasteiger partial charge in [-0.25, -0.2) is 4.79 Å². The molecule has 28 heavy (non-hydrogen) atoms. The van der Waals surface area contributed by atoms with E-state index in [1.54, 1.807) is 6.08 Å². The third-order valence-corrected chi connectivity index (χ3v) is 5.26. The molecule has 2 aromatic rings. The first-order chi connectivity index (χ1) is 13.5. The van der Waals surface area contributed by atoms with Crippen molar-refractivity contribution in [2.24, 2.45) is 0 Å². The topological polar surface area (TPSA) is 78.5 Å². The molecule has 0 saturated carbocycles. The average molecular weight is 378 g/mol. The lowest BCUT2D eigenvalue weighted by Gasteiger charge is -2.31. The lowest BCUT2D eigenvalue weighted by Crippen LogP contribution is -2.58. The zero-order valence-electron chi connectivity index (χ0n) is 15.9. The van der Waals surface area contributed by atoms with E-state index >= 15 is 0 Å². The van der Waals surface area contributed by atoms with Crippen molar-refractivity contribution in [1.29, 1.82) is 0 Å². The van der Waals surface area contributed by atoms with E-state index in [1.807, 2.05) is 36.4 Å². The minimum atomic E-state index is -1.48. The molecule has 0 saturated heterocycles. The summed E-state index contributed by atoms with van der Waals surface area (Å²) in [5, 5.41) is 14.0. The predicted octanol–water partition coefficient (Wildman–Crippen LogP) is 3.39. The van der Waals surface area contributed by atoms with Crippen LogP contribution >= 0.6 is 0 Å². The number of alkyl carbamates (subject to hydrolysis) is 1. The summed E-state index contributed by atoms with van der Waals surface area (Å²) >= 11 is 0. The van der Waals surface area contributed by atoms with Crippen LogP contribution in [-0.4, -0.2) is 24.2 Å². The summed E-state index contributed by atoms with van der Waals surface area (Å²) in [4.78, 5) is 23.9. The van der Waals surface area contributed by atoms with E-state index in [-0.39, 0.29) is 18.9 Å². The van der Waals surface area contributed by atoms with Crippen LogP contribution in [0.5, 0.6) is 0 Å². The first-order valence-corrected chi connectivity index (χ1v) is 9.42. The number of carbonyl (C=O) groups is 2. The maximum absolute atomic E-state index is 12.3. The van der Waals surface area contributed by atoms with E-state index in [0.29, 0.717) is 12.8 Å². The van der Waals surface area contributed by atoms with E-state index in [2.05, 4.69) is 24.0 Å². The lowest BCUT2D eigenvalue weighted by molar-refractivity contribution is -0.313. The van der Waals surface area contributed by atoms with Crippen LogP contribution in [0.2, 0.25) is 0 Å². The number of fused-ring (bicyclic) bond motifs is 3. The molecule has 1 aliphatic rings. The van der Waals surface area contributed by atoms with Crippen LogP contribution in [0.4, 0.5) is 4.79 Å². The molecule has 3 rings (SSSR count). The molecule has 0 unspecified atom stereocenters. The van der Waals surface area contributed by atoms with Crippen LogP contribution in [0.25, 0.3) is 11.1 Å². The minimum absolute atomic E-state index is 0.0758. The molecule has 0 fully saturated rings. The molecule has 0 radical (unpaired) electrons. The Morgan fingerprint density at radius 1 is 1.14 bits per heavy atom. The third kappa shape index (κ3) is 3.93. The van der Waals surface area contributed by atoms with Crippen LogP contribution in [-0.2, 0) is 9.53 Å². The van der Waals surface area contributed by atoms with Crippen molar-refractivity contribution in [3.63, 3.8) is 0 Å². The van der Waals surface area contributed by atoms with Crippen molar-refractivity contribution in [3.05, 3.63) is 72.3 Å². The van der Waals surface area contributed by atoms with Crippen LogP contribution < -0.4 is 10.4 Å². The summed E-state index contributed by atoms with van der Waals surface area (Å²) in [7, 11) is 0. The Morgan fingerprint density at radius 3 is 2.25 bits per heavy atom. The Balaban J connectivity index is 1.69. The van der Waals surface area contributed by atoms with Crippen molar-refractivity contribution in [3.8, 4) is 11.1 Å². The van der Waals surface area contributed by atoms with Crippen LogP contribution in [0.15, 0.2) is 61.2 Å². The second kappa shape index (κ2) is 8.30. The Morgan fingerprint density at radius 2 is 1.71 bits per heavy atom. The summed E-state index contributed by atoms with van der Waals surface area (Å²) in [6.07, 6.45) is 2.44. The van der Waals surface area contributed by atoms with Gasteiger partial charge in [-0.15, -0.1) is 6.58 Å². The quantitative estimate of drug-likeness (QED) is 0.564. The largest absolute Gasteiger partial charge is 0.548 e. The molecule has 1 atom stereocenters. The fourth-order valence-electron chi connectivity index (χ4n) is 3.68. The van der Waals surface area contributed by atoms with E-state index in [0.717, 1.165) is 22.3 Å². The molecule has 0 aromatic heterocycles. The van der Waals surface area contributed by atoms with Gasteiger partial charge < -0.3 is 20.0 Å². The van der Waals surface area contributed by atoms with E-state index in [4.69, 9.17) is 4.74 Å². The average Bonchev–Trinajstić information content (AvgIpc) is 3.00. The van der Waals surface area contributed by atoms with Gasteiger partial charge in [-0.2, -0.15) is 0 Å². The first-order valence-electron chi connectivity index (χ1n) is 9.42. The summed E-state index contributed by atoms with van der Waals surface area (Å²) in [5.41, 5.74) is 2.99.